The van der Waals surface area contributed by atoms with Crippen molar-refractivity contribution >= 4 is 10.9 Å². The summed E-state index contributed by atoms with van der Waals surface area (Å²) in [6.07, 6.45) is 2.54. The number of pyridine rings is 1. The Hall–Kier alpha value is -2.66. The van der Waals surface area contributed by atoms with Crippen LogP contribution in [0.25, 0.3) is 10.9 Å². The van der Waals surface area contributed by atoms with Crippen molar-refractivity contribution < 1.29 is 0 Å². The topological polar surface area (TPSA) is 36.7 Å². The second-order valence-corrected chi connectivity index (χ2v) is 4.83. The molecule has 3 rings (SSSR count). The van der Waals surface area contributed by atoms with Gasteiger partial charge in [0.2, 0.25) is 0 Å². The van der Waals surface area contributed by atoms with Gasteiger partial charge in [-0.2, -0.15) is 5.26 Å². The highest BCUT2D eigenvalue weighted by Gasteiger charge is 2.12. The summed E-state index contributed by atoms with van der Waals surface area (Å²) in [6, 6.07) is 22.5. The SMILES string of the molecule is N#C[C@@H](Cc1ccccc1)c1cnc2ccccc2c1. The van der Waals surface area contributed by atoms with E-state index in [1.54, 1.807) is 0 Å². The highest BCUT2D eigenvalue weighted by Crippen LogP contribution is 2.22. The number of nitrogens with zero attached hydrogens (tertiary/aromatic N) is 2. The number of hydrogen-bond acceptors (Lipinski definition) is 2. The molecule has 20 heavy (non-hydrogen) atoms. The number of rotatable bonds is 3. The number of aromatic nitrogens is 1. The van der Waals surface area contributed by atoms with E-state index in [9.17, 15) is 5.26 Å². The lowest BCUT2D eigenvalue weighted by Gasteiger charge is -2.10. The van der Waals surface area contributed by atoms with Crippen molar-refractivity contribution in [1.82, 2.24) is 4.98 Å². The Morgan fingerprint density at radius 1 is 1.00 bits per heavy atom. The molecular weight excluding hydrogens is 244 g/mol. The molecule has 96 valence electrons. The van der Waals surface area contributed by atoms with Gasteiger partial charge in [-0.3, -0.25) is 4.98 Å². The molecule has 1 aromatic heterocycles. The van der Waals surface area contributed by atoms with Crippen molar-refractivity contribution in [3.05, 3.63) is 78.0 Å². The molecule has 0 amide bonds. The molecule has 0 unspecified atom stereocenters. The fourth-order valence-electron chi connectivity index (χ4n) is 2.37. The van der Waals surface area contributed by atoms with Crippen molar-refractivity contribution in [2.24, 2.45) is 0 Å². The Labute approximate surface area is 118 Å². The molecule has 0 fully saturated rings. The fraction of sp³-hybridized carbons (Fsp3) is 0.111. The summed E-state index contributed by atoms with van der Waals surface area (Å²) in [5.74, 6) is -0.158. The number of fused-ring (bicyclic) bond motifs is 1. The van der Waals surface area contributed by atoms with E-state index in [-0.39, 0.29) is 5.92 Å². The normalized spacial score (nSPS) is 11.9. The van der Waals surface area contributed by atoms with Crippen LogP contribution in [0, 0.1) is 11.3 Å². The Bertz CT molecular complexity index is 757. The van der Waals surface area contributed by atoms with E-state index in [1.807, 2.05) is 48.7 Å². The monoisotopic (exact) mass is 258 g/mol. The second-order valence-electron chi connectivity index (χ2n) is 4.83. The first-order valence-corrected chi connectivity index (χ1v) is 6.65. The van der Waals surface area contributed by atoms with E-state index in [0.29, 0.717) is 0 Å². The van der Waals surface area contributed by atoms with E-state index in [4.69, 9.17) is 0 Å². The van der Waals surface area contributed by atoms with Crippen LogP contribution in [-0.4, -0.2) is 4.98 Å². The Kier molecular flexibility index (Phi) is 3.43. The van der Waals surface area contributed by atoms with Crippen molar-refractivity contribution in [3.8, 4) is 6.07 Å². The highest BCUT2D eigenvalue weighted by molar-refractivity contribution is 5.78. The Morgan fingerprint density at radius 3 is 2.55 bits per heavy atom. The maximum absolute atomic E-state index is 9.44. The van der Waals surface area contributed by atoms with E-state index >= 15 is 0 Å². The number of benzene rings is 2. The zero-order valence-electron chi connectivity index (χ0n) is 11.0. The molecule has 0 N–H and O–H groups in total. The minimum Gasteiger partial charge on any atom is -0.256 e. The molecule has 0 saturated carbocycles. The van der Waals surface area contributed by atoms with E-state index in [2.05, 4.69) is 29.3 Å². The first kappa shape index (κ1) is 12.4. The standard InChI is InChI=1S/C18H14N2/c19-12-16(10-14-6-2-1-3-7-14)17-11-15-8-4-5-9-18(15)20-13-17/h1-9,11,13,16H,10H2/t16-/m1/s1. The molecule has 1 atom stereocenters. The maximum atomic E-state index is 9.44. The van der Waals surface area contributed by atoms with Crippen LogP contribution in [0.2, 0.25) is 0 Å². The summed E-state index contributed by atoms with van der Waals surface area (Å²) in [6.45, 7) is 0. The van der Waals surface area contributed by atoms with Gasteiger partial charge < -0.3 is 0 Å². The van der Waals surface area contributed by atoms with E-state index < -0.39 is 0 Å². The molecule has 0 aliphatic carbocycles. The molecule has 0 saturated heterocycles. The van der Waals surface area contributed by atoms with Crippen LogP contribution >= 0.6 is 0 Å². The fourth-order valence-corrected chi connectivity index (χ4v) is 2.37. The van der Waals surface area contributed by atoms with Gasteiger partial charge in [-0.05, 0) is 29.7 Å². The third kappa shape index (κ3) is 2.53. The molecule has 3 aromatic rings. The summed E-state index contributed by atoms with van der Waals surface area (Å²) in [5.41, 5.74) is 3.12. The van der Waals surface area contributed by atoms with Crippen molar-refractivity contribution in [2.75, 3.05) is 0 Å². The van der Waals surface area contributed by atoms with Crippen molar-refractivity contribution in [2.45, 2.75) is 12.3 Å². The summed E-state index contributed by atoms with van der Waals surface area (Å²) in [7, 11) is 0. The zero-order chi connectivity index (χ0) is 13.8. The smallest absolute Gasteiger partial charge is 0.0768 e. The first-order valence-electron chi connectivity index (χ1n) is 6.65. The first-order chi connectivity index (χ1) is 9.86. The van der Waals surface area contributed by atoms with Crippen LogP contribution in [0.15, 0.2) is 66.9 Å². The zero-order valence-corrected chi connectivity index (χ0v) is 11.0. The third-order valence-corrected chi connectivity index (χ3v) is 3.45. The van der Waals surface area contributed by atoms with Gasteiger partial charge >= 0.3 is 0 Å². The average Bonchev–Trinajstić information content (AvgIpc) is 2.53. The van der Waals surface area contributed by atoms with Crippen molar-refractivity contribution in [1.29, 1.82) is 5.26 Å². The molecule has 0 spiro atoms. The molecule has 0 bridgehead atoms. The number of hydrogen-bond donors (Lipinski definition) is 0. The summed E-state index contributed by atoms with van der Waals surface area (Å²) in [4.78, 5) is 4.44. The number of para-hydroxylation sites is 1. The van der Waals surface area contributed by atoms with Gasteiger partial charge in [0.1, 0.15) is 0 Å². The lowest BCUT2D eigenvalue weighted by molar-refractivity contribution is 0.845. The van der Waals surface area contributed by atoms with E-state index in [0.717, 1.165) is 22.9 Å². The van der Waals surface area contributed by atoms with Gasteiger partial charge in [-0.1, -0.05) is 48.5 Å². The van der Waals surface area contributed by atoms with Gasteiger partial charge in [0.25, 0.3) is 0 Å². The van der Waals surface area contributed by atoms with Gasteiger partial charge in [-0.15, -0.1) is 0 Å². The number of nitriles is 1. The van der Waals surface area contributed by atoms with Gasteiger partial charge in [0, 0.05) is 11.6 Å². The van der Waals surface area contributed by atoms with Crippen LogP contribution in [0.5, 0.6) is 0 Å². The quantitative estimate of drug-likeness (QED) is 0.709. The molecule has 0 radical (unpaired) electrons. The molecule has 1 heterocycles. The largest absolute Gasteiger partial charge is 0.256 e. The predicted molar refractivity (Wildman–Crippen MR) is 80.2 cm³/mol. The Morgan fingerprint density at radius 2 is 1.75 bits per heavy atom. The van der Waals surface area contributed by atoms with Crippen LogP contribution < -0.4 is 0 Å². The van der Waals surface area contributed by atoms with Crippen LogP contribution in [0.4, 0.5) is 0 Å². The molecular formula is C18H14N2. The summed E-state index contributed by atoms with van der Waals surface area (Å²) >= 11 is 0. The Balaban J connectivity index is 1.93. The van der Waals surface area contributed by atoms with E-state index in [1.165, 1.54) is 5.56 Å². The molecule has 2 aromatic carbocycles. The van der Waals surface area contributed by atoms with Gasteiger partial charge in [0.15, 0.2) is 0 Å². The minimum absolute atomic E-state index is 0.158. The molecule has 0 aliphatic rings. The average molecular weight is 258 g/mol. The highest BCUT2D eigenvalue weighted by atomic mass is 14.6. The lowest BCUT2D eigenvalue weighted by atomic mass is 9.93. The maximum Gasteiger partial charge on any atom is 0.0768 e. The van der Waals surface area contributed by atoms with Crippen LogP contribution in [0.1, 0.15) is 17.0 Å². The summed E-state index contributed by atoms with van der Waals surface area (Å²) < 4.78 is 0. The van der Waals surface area contributed by atoms with Gasteiger partial charge in [-0.25, -0.2) is 0 Å². The second kappa shape index (κ2) is 5.54. The lowest BCUT2D eigenvalue weighted by Crippen LogP contribution is -2.01. The van der Waals surface area contributed by atoms with Crippen LogP contribution in [-0.2, 0) is 6.42 Å². The van der Waals surface area contributed by atoms with Gasteiger partial charge in [0.05, 0.1) is 17.5 Å². The van der Waals surface area contributed by atoms with Crippen molar-refractivity contribution in [3.63, 3.8) is 0 Å². The summed E-state index contributed by atoms with van der Waals surface area (Å²) in [5, 5.41) is 10.5. The third-order valence-electron chi connectivity index (χ3n) is 3.45. The molecule has 2 heteroatoms. The molecule has 0 aliphatic heterocycles. The predicted octanol–water partition coefficient (Wildman–Crippen LogP) is 4.08. The molecule has 2 nitrogen and oxygen atoms in total. The van der Waals surface area contributed by atoms with Crippen LogP contribution in [0.3, 0.4) is 0 Å². The minimum atomic E-state index is -0.158.